The van der Waals surface area contributed by atoms with E-state index in [9.17, 15) is 4.39 Å². The Bertz CT molecular complexity index is 648. The summed E-state index contributed by atoms with van der Waals surface area (Å²) in [4.78, 5) is 1.23. The fourth-order valence-corrected chi connectivity index (χ4v) is 3.71. The van der Waals surface area contributed by atoms with Crippen molar-refractivity contribution in [3.63, 3.8) is 0 Å². The van der Waals surface area contributed by atoms with Crippen molar-refractivity contribution in [3.05, 3.63) is 57.8 Å². The third-order valence-corrected chi connectivity index (χ3v) is 4.94. The SMILES string of the molecule is Fc1cc(NC2CCSc3ccc(Cl)cc32)ccc1Cl. The summed E-state index contributed by atoms with van der Waals surface area (Å²) in [6.45, 7) is 0. The van der Waals surface area contributed by atoms with Crippen LogP contribution in [0.5, 0.6) is 0 Å². The Kier molecular flexibility index (Phi) is 4.11. The first-order chi connectivity index (χ1) is 9.63. The molecule has 0 aromatic heterocycles. The molecule has 0 bridgehead atoms. The zero-order valence-corrected chi connectivity index (χ0v) is 12.8. The Labute approximate surface area is 131 Å². The molecule has 1 aliphatic heterocycles. The average Bonchev–Trinajstić information content (AvgIpc) is 2.44. The molecule has 2 aromatic rings. The zero-order chi connectivity index (χ0) is 14.1. The molecule has 0 saturated heterocycles. The lowest BCUT2D eigenvalue weighted by Crippen LogP contribution is -2.16. The Morgan fingerprint density at radius 3 is 2.80 bits per heavy atom. The standard InChI is InChI=1S/C15H12Cl2FNS/c16-9-1-4-15-11(7-9)14(5-6-20-15)19-10-2-3-12(17)13(18)8-10/h1-4,7-8,14,19H,5-6H2. The smallest absolute Gasteiger partial charge is 0.143 e. The van der Waals surface area contributed by atoms with Gasteiger partial charge in [0, 0.05) is 21.4 Å². The maximum absolute atomic E-state index is 13.5. The van der Waals surface area contributed by atoms with E-state index in [0.29, 0.717) is 0 Å². The average molecular weight is 328 g/mol. The maximum atomic E-state index is 13.5. The number of hydrogen-bond acceptors (Lipinski definition) is 2. The minimum absolute atomic E-state index is 0.137. The molecular weight excluding hydrogens is 316 g/mol. The lowest BCUT2D eigenvalue weighted by Gasteiger charge is -2.27. The van der Waals surface area contributed by atoms with Gasteiger partial charge in [0.2, 0.25) is 0 Å². The Morgan fingerprint density at radius 2 is 2.00 bits per heavy atom. The molecule has 104 valence electrons. The van der Waals surface area contributed by atoms with E-state index in [-0.39, 0.29) is 11.1 Å². The number of fused-ring (bicyclic) bond motifs is 1. The number of anilines is 1. The maximum Gasteiger partial charge on any atom is 0.143 e. The van der Waals surface area contributed by atoms with Crippen molar-refractivity contribution in [3.8, 4) is 0 Å². The summed E-state index contributed by atoms with van der Waals surface area (Å²) in [5, 5.41) is 4.22. The highest BCUT2D eigenvalue weighted by Gasteiger charge is 2.21. The molecule has 2 aromatic carbocycles. The minimum atomic E-state index is -0.409. The van der Waals surface area contributed by atoms with Crippen LogP contribution in [-0.4, -0.2) is 5.75 Å². The summed E-state index contributed by atoms with van der Waals surface area (Å²) in [5.74, 6) is 0.621. The second-order valence-corrected chi connectivity index (χ2v) is 6.63. The van der Waals surface area contributed by atoms with Gasteiger partial charge in [-0.05, 0) is 48.4 Å². The summed E-state index contributed by atoms with van der Waals surface area (Å²) in [7, 11) is 0. The summed E-state index contributed by atoms with van der Waals surface area (Å²) in [6.07, 6.45) is 0.974. The largest absolute Gasteiger partial charge is 0.378 e. The van der Waals surface area contributed by atoms with Gasteiger partial charge < -0.3 is 5.32 Å². The summed E-state index contributed by atoms with van der Waals surface area (Å²) in [5.41, 5.74) is 1.90. The van der Waals surface area contributed by atoms with Gasteiger partial charge in [-0.3, -0.25) is 0 Å². The molecule has 0 spiro atoms. The molecule has 5 heteroatoms. The first kappa shape index (κ1) is 14.1. The van der Waals surface area contributed by atoms with Crippen molar-refractivity contribution in [1.82, 2.24) is 0 Å². The van der Waals surface area contributed by atoms with Crippen LogP contribution in [0.25, 0.3) is 0 Å². The van der Waals surface area contributed by atoms with E-state index in [1.807, 2.05) is 30.0 Å². The minimum Gasteiger partial charge on any atom is -0.378 e. The predicted octanol–water partition coefficient (Wildman–Crippen LogP) is 5.78. The Hall–Kier alpha value is -0.900. The number of hydrogen-bond donors (Lipinski definition) is 1. The van der Waals surface area contributed by atoms with E-state index in [2.05, 4.69) is 5.32 Å². The molecule has 1 aliphatic rings. The quantitative estimate of drug-likeness (QED) is 0.750. The van der Waals surface area contributed by atoms with Gasteiger partial charge in [0.25, 0.3) is 0 Å². The number of nitrogens with one attached hydrogen (secondary N) is 1. The second-order valence-electron chi connectivity index (χ2n) is 4.65. The van der Waals surface area contributed by atoms with Gasteiger partial charge in [-0.1, -0.05) is 23.2 Å². The van der Waals surface area contributed by atoms with Crippen molar-refractivity contribution in [1.29, 1.82) is 0 Å². The highest BCUT2D eigenvalue weighted by atomic mass is 35.5. The van der Waals surface area contributed by atoms with Gasteiger partial charge in [0.05, 0.1) is 11.1 Å². The normalized spacial score (nSPS) is 17.6. The van der Waals surface area contributed by atoms with Gasteiger partial charge in [-0.15, -0.1) is 11.8 Å². The van der Waals surface area contributed by atoms with Crippen LogP contribution in [0.1, 0.15) is 18.0 Å². The van der Waals surface area contributed by atoms with Crippen molar-refractivity contribution >= 4 is 40.7 Å². The van der Waals surface area contributed by atoms with Crippen LogP contribution in [0.15, 0.2) is 41.3 Å². The molecule has 1 atom stereocenters. The van der Waals surface area contributed by atoms with Gasteiger partial charge in [-0.2, -0.15) is 0 Å². The number of rotatable bonds is 2. The van der Waals surface area contributed by atoms with Crippen LogP contribution < -0.4 is 5.32 Å². The molecule has 3 rings (SSSR count). The van der Waals surface area contributed by atoms with Crippen molar-refractivity contribution in [2.75, 3.05) is 11.1 Å². The molecular formula is C15H12Cl2FNS. The van der Waals surface area contributed by atoms with Crippen LogP contribution in [0.2, 0.25) is 10.0 Å². The molecule has 1 N–H and O–H groups in total. The van der Waals surface area contributed by atoms with Crippen molar-refractivity contribution < 1.29 is 4.39 Å². The van der Waals surface area contributed by atoms with Crippen LogP contribution in [0.4, 0.5) is 10.1 Å². The van der Waals surface area contributed by atoms with E-state index in [1.54, 1.807) is 12.1 Å². The summed E-state index contributed by atoms with van der Waals surface area (Å²) >= 11 is 13.6. The highest BCUT2D eigenvalue weighted by molar-refractivity contribution is 7.99. The van der Waals surface area contributed by atoms with Crippen molar-refractivity contribution in [2.45, 2.75) is 17.4 Å². The molecule has 0 aliphatic carbocycles. The molecule has 1 heterocycles. The van der Waals surface area contributed by atoms with Crippen molar-refractivity contribution in [2.24, 2.45) is 0 Å². The van der Waals surface area contributed by atoms with Crippen LogP contribution in [0.3, 0.4) is 0 Å². The molecule has 0 fully saturated rings. The van der Waals surface area contributed by atoms with E-state index >= 15 is 0 Å². The number of benzene rings is 2. The topological polar surface area (TPSA) is 12.0 Å². The van der Waals surface area contributed by atoms with Crippen LogP contribution >= 0.6 is 35.0 Å². The summed E-state index contributed by atoms with van der Waals surface area (Å²) < 4.78 is 13.5. The molecule has 1 nitrogen and oxygen atoms in total. The first-order valence-electron chi connectivity index (χ1n) is 6.27. The fraction of sp³-hybridized carbons (Fsp3) is 0.200. The van der Waals surface area contributed by atoms with E-state index < -0.39 is 5.82 Å². The molecule has 1 unspecified atom stereocenters. The zero-order valence-electron chi connectivity index (χ0n) is 10.5. The third kappa shape index (κ3) is 2.90. The van der Waals surface area contributed by atoms with E-state index in [1.165, 1.54) is 16.5 Å². The van der Waals surface area contributed by atoms with Crippen LogP contribution in [-0.2, 0) is 0 Å². The van der Waals surface area contributed by atoms with E-state index in [4.69, 9.17) is 23.2 Å². The molecule has 0 radical (unpaired) electrons. The number of halogens is 3. The summed E-state index contributed by atoms with van der Waals surface area (Å²) in [6, 6.07) is 10.8. The lowest BCUT2D eigenvalue weighted by atomic mass is 10.0. The third-order valence-electron chi connectivity index (χ3n) is 3.27. The van der Waals surface area contributed by atoms with Gasteiger partial charge in [0.15, 0.2) is 0 Å². The lowest BCUT2D eigenvalue weighted by molar-refractivity contribution is 0.627. The van der Waals surface area contributed by atoms with E-state index in [0.717, 1.165) is 22.9 Å². The molecule has 0 amide bonds. The Morgan fingerprint density at radius 1 is 1.15 bits per heavy atom. The molecule has 0 saturated carbocycles. The monoisotopic (exact) mass is 327 g/mol. The first-order valence-corrected chi connectivity index (χ1v) is 8.01. The Balaban J connectivity index is 1.89. The van der Waals surface area contributed by atoms with Gasteiger partial charge in [0.1, 0.15) is 5.82 Å². The highest BCUT2D eigenvalue weighted by Crippen LogP contribution is 2.39. The second kappa shape index (κ2) is 5.84. The van der Waals surface area contributed by atoms with Gasteiger partial charge >= 0.3 is 0 Å². The van der Waals surface area contributed by atoms with Gasteiger partial charge in [-0.25, -0.2) is 4.39 Å². The predicted molar refractivity (Wildman–Crippen MR) is 84.6 cm³/mol. The number of thioether (sulfide) groups is 1. The molecule has 20 heavy (non-hydrogen) atoms. The van der Waals surface area contributed by atoms with Crippen LogP contribution in [0, 0.1) is 5.82 Å². The fourth-order valence-electron chi connectivity index (χ4n) is 2.30.